The number of thiazole rings is 1. The van der Waals surface area contributed by atoms with Gasteiger partial charge in [-0.2, -0.15) is 0 Å². The number of carbonyl (C=O) groups excluding carboxylic acids is 2. The summed E-state index contributed by atoms with van der Waals surface area (Å²) in [5, 5.41) is 13.2. The summed E-state index contributed by atoms with van der Waals surface area (Å²) < 4.78 is 4.69. The monoisotopic (exact) mass is 437 g/mol. The number of ether oxygens (including phenoxy) is 1. The summed E-state index contributed by atoms with van der Waals surface area (Å²) >= 11 is 7.47. The maximum absolute atomic E-state index is 13.3. The molecule has 1 aromatic carbocycles. The molecule has 1 aromatic heterocycles. The molecule has 3 rings (SSSR count). The van der Waals surface area contributed by atoms with E-state index in [-0.39, 0.29) is 40.5 Å². The number of methoxy groups -OCH3 is 1. The van der Waals surface area contributed by atoms with Gasteiger partial charge < -0.3 is 9.64 Å². The van der Waals surface area contributed by atoms with Gasteiger partial charge in [-0.1, -0.05) is 30.9 Å². The second-order valence-electron chi connectivity index (χ2n) is 6.76. The molecule has 1 aliphatic rings. The summed E-state index contributed by atoms with van der Waals surface area (Å²) in [4.78, 5) is 41.4. The molecule has 2 aromatic rings. The number of carbonyl (C=O) groups is 2. The first-order chi connectivity index (χ1) is 13.9. The molecule has 8 nitrogen and oxygen atoms in total. The molecule has 1 fully saturated rings. The fourth-order valence-electron chi connectivity index (χ4n) is 3.43. The lowest BCUT2D eigenvalue weighted by molar-refractivity contribution is -0.384. The number of hydrogen-bond donors (Lipinski definition) is 0. The van der Waals surface area contributed by atoms with Crippen LogP contribution >= 0.6 is 22.9 Å². The van der Waals surface area contributed by atoms with Crippen LogP contribution in [0.2, 0.25) is 5.02 Å². The van der Waals surface area contributed by atoms with Gasteiger partial charge in [-0.3, -0.25) is 14.9 Å². The molecule has 0 atom stereocenters. The number of benzene rings is 1. The first kappa shape index (κ1) is 21.2. The second-order valence-corrected chi connectivity index (χ2v) is 8.11. The van der Waals surface area contributed by atoms with Crippen molar-refractivity contribution in [2.45, 2.75) is 44.7 Å². The maximum Gasteiger partial charge on any atom is 0.357 e. The Bertz CT molecular complexity index is 926. The molecule has 0 N–H and O–H groups in total. The molecule has 0 saturated heterocycles. The number of nitrogens with zero attached hydrogens (tertiary/aromatic N) is 3. The van der Waals surface area contributed by atoms with Gasteiger partial charge in [0.1, 0.15) is 5.01 Å². The van der Waals surface area contributed by atoms with E-state index < -0.39 is 10.9 Å². The summed E-state index contributed by atoms with van der Waals surface area (Å²) in [5.41, 5.74) is 0.253. The molecule has 154 valence electrons. The van der Waals surface area contributed by atoms with Gasteiger partial charge in [0.05, 0.1) is 29.2 Å². The molecule has 0 unspecified atom stereocenters. The third kappa shape index (κ3) is 4.91. The maximum atomic E-state index is 13.3. The Kier molecular flexibility index (Phi) is 6.81. The van der Waals surface area contributed by atoms with Crippen LogP contribution in [0.3, 0.4) is 0 Å². The lowest BCUT2D eigenvalue weighted by atomic mass is 9.93. The van der Waals surface area contributed by atoms with Crippen molar-refractivity contribution in [2.75, 3.05) is 7.11 Å². The topological polar surface area (TPSA) is 103 Å². The Morgan fingerprint density at radius 2 is 2.07 bits per heavy atom. The molecular weight excluding hydrogens is 418 g/mol. The smallest absolute Gasteiger partial charge is 0.357 e. The van der Waals surface area contributed by atoms with Gasteiger partial charge in [-0.25, -0.2) is 9.78 Å². The van der Waals surface area contributed by atoms with E-state index in [1.165, 1.54) is 36.6 Å². The highest BCUT2D eigenvalue weighted by molar-refractivity contribution is 7.09. The van der Waals surface area contributed by atoms with Crippen molar-refractivity contribution in [1.82, 2.24) is 9.88 Å². The molecule has 0 bridgehead atoms. The number of nitro groups is 1. The summed E-state index contributed by atoms with van der Waals surface area (Å²) in [6, 6.07) is 3.87. The van der Waals surface area contributed by atoms with E-state index in [0.717, 1.165) is 32.1 Å². The standard InChI is InChI=1S/C19H20ClN3O5S/c1-28-19(25)16-11-29-17(21-16)10-22(12-5-3-2-4-6-12)18(24)14-8-7-13(23(26)27)9-15(14)20/h7-9,11-12H,2-6,10H2,1H3. The highest BCUT2D eigenvalue weighted by atomic mass is 35.5. The van der Waals surface area contributed by atoms with E-state index in [0.29, 0.717) is 5.01 Å². The normalized spacial score (nSPS) is 14.4. The molecule has 10 heteroatoms. The zero-order chi connectivity index (χ0) is 21.0. The number of aromatic nitrogens is 1. The molecule has 0 radical (unpaired) electrons. The van der Waals surface area contributed by atoms with Crippen molar-refractivity contribution in [3.8, 4) is 0 Å². The number of halogens is 1. The third-order valence-electron chi connectivity index (χ3n) is 4.92. The summed E-state index contributed by atoms with van der Waals surface area (Å²) in [6.07, 6.45) is 4.90. The summed E-state index contributed by atoms with van der Waals surface area (Å²) in [7, 11) is 1.29. The number of esters is 1. The van der Waals surface area contributed by atoms with Crippen LogP contribution in [0.1, 0.15) is 58.0 Å². The van der Waals surface area contributed by atoms with E-state index in [4.69, 9.17) is 11.6 Å². The van der Waals surface area contributed by atoms with Gasteiger partial charge in [0.25, 0.3) is 11.6 Å². The first-order valence-electron chi connectivity index (χ1n) is 9.18. The van der Waals surface area contributed by atoms with Crippen molar-refractivity contribution in [3.05, 3.63) is 55.0 Å². The molecule has 0 spiro atoms. The van der Waals surface area contributed by atoms with Crippen LogP contribution in [0.5, 0.6) is 0 Å². The van der Waals surface area contributed by atoms with Crippen molar-refractivity contribution in [2.24, 2.45) is 0 Å². The highest BCUT2D eigenvalue weighted by Gasteiger charge is 2.29. The number of amides is 1. The van der Waals surface area contributed by atoms with Crippen molar-refractivity contribution >= 4 is 40.5 Å². The predicted octanol–water partition coefficient (Wildman–Crippen LogP) is 4.47. The number of non-ortho nitro benzene ring substituents is 1. The SMILES string of the molecule is COC(=O)c1csc(CN(C(=O)c2ccc([N+](=O)[O-])cc2Cl)C2CCCCC2)n1. The minimum atomic E-state index is -0.553. The molecular formula is C19H20ClN3O5S. The van der Waals surface area contributed by atoms with E-state index in [1.807, 2.05) is 0 Å². The Morgan fingerprint density at radius 3 is 2.69 bits per heavy atom. The van der Waals surface area contributed by atoms with Gasteiger partial charge in [-0.05, 0) is 18.9 Å². The highest BCUT2D eigenvalue weighted by Crippen LogP contribution is 2.29. The predicted molar refractivity (Wildman–Crippen MR) is 108 cm³/mol. The molecule has 29 heavy (non-hydrogen) atoms. The van der Waals surface area contributed by atoms with Crippen molar-refractivity contribution < 1.29 is 19.2 Å². The second kappa shape index (κ2) is 9.32. The van der Waals surface area contributed by atoms with Gasteiger partial charge in [0.15, 0.2) is 5.69 Å². The molecule has 1 amide bonds. The zero-order valence-electron chi connectivity index (χ0n) is 15.8. The Hall–Kier alpha value is -2.52. The lowest BCUT2D eigenvalue weighted by Crippen LogP contribution is -2.41. The van der Waals surface area contributed by atoms with Crippen molar-refractivity contribution in [1.29, 1.82) is 0 Å². The lowest BCUT2D eigenvalue weighted by Gasteiger charge is -2.34. The van der Waals surface area contributed by atoms with Crippen LogP contribution in [-0.4, -0.2) is 39.8 Å². The quantitative estimate of drug-likeness (QED) is 0.375. The van der Waals surface area contributed by atoms with E-state index in [1.54, 1.807) is 10.3 Å². The summed E-state index contributed by atoms with van der Waals surface area (Å²) in [5.74, 6) is -0.826. The van der Waals surface area contributed by atoms with E-state index in [2.05, 4.69) is 9.72 Å². The third-order valence-corrected chi connectivity index (χ3v) is 6.07. The Balaban J connectivity index is 1.89. The number of rotatable bonds is 6. The van der Waals surface area contributed by atoms with Crippen LogP contribution in [0.15, 0.2) is 23.6 Å². The average molecular weight is 438 g/mol. The Labute approximate surface area is 176 Å². The fourth-order valence-corrected chi connectivity index (χ4v) is 4.45. The van der Waals surface area contributed by atoms with Crippen LogP contribution in [0.4, 0.5) is 5.69 Å². The van der Waals surface area contributed by atoms with Crippen LogP contribution in [0, 0.1) is 10.1 Å². The van der Waals surface area contributed by atoms with Crippen LogP contribution in [-0.2, 0) is 11.3 Å². The minimum Gasteiger partial charge on any atom is -0.464 e. The zero-order valence-corrected chi connectivity index (χ0v) is 17.4. The largest absolute Gasteiger partial charge is 0.464 e. The number of hydrogen-bond acceptors (Lipinski definition) is 7. The fraction of sp³-hybridized carbons (Fsp3) is 0.421. The van der Waals surface area contributed by atoms with E-state index in [9.17, 15) is 19.7 Å². The van der Waals surface area contributed by atoms with Gasteiger partial charge in [-0.15, -0.1) is 11.3 Å². The molecule has 1 saturated carbocycles. The van der Waals surface area contributed by atoms with Gasteiger partial charge >= 0.3 is 5.97 Å². The first-order valence-corrected chi connectivity index (χ1v) is 10.4. The van der Waals surface area contributed by atoms with Gasteiger partial charge in [0, 0.05) is 23.6 Å². The Morgan fingerprint density at radius 1 is 1.34 bits per heavy atom. The minimum absolute atomic E-state index is 0.0213. The average Bonchev–Trinajstić information content (AvgIpc) is 3.20. The van der Waals surface area contributed by atoms with Gasteiger partial charge in [0.2, 0.25) is 0 Å². The molecule has 1 heterocycles. The molecule has 1 aliphatic carbocycles. The van der Waals surface area contributed by atoms with Crippen LogP contribution in [0.25, 0.3) is 0 Å². The molecule has 0 aliphatic heterocycles. The van der Waals surface area contributed by atoms with Crippen molar-refractivity contribution in [3.63, 3.8) is 0 Å². The van der Waals surface area contributed by atoms with E-state index >= 15 is 0 Å². The van der Waals surface area contributed by atoms with Crippen LogP contribution < -0.4 is 0 Å². The number of nitro benzene ring substituents is 1. The summed E-state index contributed by atoms with van der Waals surface area (Å²) in [6.45, 7) is 0.235.